The molecule has 0 radical (unpaired) electrons. The molecule has 0 aliphatic heterocycles. The first-order valence-corrected chi connectivity index (χ1v) is 11.0. The van der Waals surface area contributed by atoms with Crippen molar-refractivity contribution in [1.29, 1.82) is 0 Å². The maximum atomic E-state index is 12.8. The van der Waals surface area contributed by atoms with Crippen LogP contribution in [-0.4, -0.2) is 27.7 Å². The molecular weight excluding hydrogens is 413 g/mol. The molecule has 2 aromatic carbocycles. The zero-order chi connectivity index (χ0) is 21.2. The minimum atomic E-state index is -0.241. The van der Waals surface area contributed by atoms with Gasteiger partial charge in [-0.3, -0.25) is 4.39 Å². The molecule has 1 aliphatic rings. The largest absolute Gasteiger partial charge is 0.461 e. The van der Waals surface area contributed by atoms with E-state index in [1.54, 1.807) is 0 Å². The maximum absolute atomic E-state index is 12.8. The van der Waals surface area contributed by atoms with Gasteiger partial charge in [-0.05, 0) is 48.8 Å². The predicted molar refractivity (Wildman–Crippen MR) is 122 cm³/mol. The number of nitrogens with one attached hydrogen (secondary N) is 1. The molecule has 1 N–H and O–H groups in total. The van der Waals surface area contributed by atoms with Gasteiger partial charge >= 0.3 is 0 Å². The van der Waals surface area contributed by atoms with Crippen LogP contribution in [0.5, 0.6) is 6.01 Å². The van der Waals surface area contributed by atoms with Gasteiger partial charge in [0.2, 0.25) is 0 Å². The highest BCUT2D eigenvalue weighted by atomic mass is 35.5. The van der Waals surface area contributed by atoms with Crippen molar-refractivity contribution >= 4 is 22.8 Å². The van der Waals surface area contributed by atoms with E-state index < -0.39 is 0 Å². The third-order valence-electron chi connectivity index (χ3n) is 5.96. The number of H-pyrrole nitrogens is 1. The van der Waals surface area contributed by atoms with Crippen molar-refractivity contribution in [1.82, 2.24) is 15.0 Å². The van der Waals surface area contributed by atoms with Gasteiger partial charge in [0.1, 0.15) is 6.10 Å². The molecule has 5 rings (SSSR count). The molecule has 1 saturated carbocycles. The lowest BCUT2D eigenvalue weighted by atomic mass is 9.88. The zero-order valence-electron chi connectivity index (χ0n) is 17.0. The number of hydrogen-bond acceptors (Lipinski definition) is 3. The Bertz CT molecular complexity index is 1170. The Morgan fingerprint density at radius 2 is 1.58 bits per heavy atom. The van der Waals surface area contributed by atoms with Crippen LogP contribution in [0.25, 0.3) is 33.5 Å². The van der Waals surface area contributed by atoms with E-state index in [-0.39, 0.29) is 18.7 Å². The van der Waals surface area contributed by atoms with Gasteiger partial charge in [0.05, 0.1) is 22.9 Å². The summed E-state index contributed by atoms with van der Waals surface area (Å²) in [4.78, 5) is 12.4. The number of halogens is 2. The summed E-state index contributed by atoms with van der Waals surface area (Å²) in [5.74, 6) is 0.173. The summed E-state index contributed by atoms with van der Waals surface area (Å²) in [6.45, 7) is -0.241. The molecule has 0 bridgehead atoms. The second-order valence-corrected chi connectivity index (χ2v) is 8.50. The van der Waals surface area contributed by atoms with Crippen molar-refractivity contribution in [2.75, 3.05) is 6.67 Å². The van der Waals surface area contributed by atoms with Crippen molar-refractivity contribution in [3.8, 4) is 28.4 Å². The Kier molecular flexibility index (Phi) is 5.60. The minimum Gasteiger partial charge on any atom is -0.461 e. The van der Waals surface area contributed by atoms with Gasteiger partial charge in [-0.15, -0.1) is 0 Å². The van der Waals surface area contributed by atoms with Crippen LogP contribution in [0.2, 0.25) is 5.02 Å². The fourth-order valence-electron chi connectivity index (χ4n) is 4.17. The van der Waals surface area contributed by atoms with Crippen LogP contribution >= 0.6 is 11.6 Å². The van der Waals surface area contributed by atoms with Crippen molar-refractivity contribution in [2.45, 2.75) is 31.8 Å². The summed E-state index contributed by atoms with van der Waals surface area (Å²) in [5.41, 5.74) is 5.23. The standard InChI is InChI=1S/C25H23ClFN3O/c26-21-14-22-24(30-25(28-22)31-20-12-6-16(15-27)7-13-20)29-23(21)19-10-8-18(9-11-19)17-4-2-1-3-5-17/h1-5,8-11,14,16,20H,6-7,12-13,15H2,(H,28,29,30). The van der Waals surface area contributed by atoms with Gasteiger partial charge in [-0.1, -0.05) is 66.2 Å². The number of rotatable bonds is 5. The van der Waals surface area contributed by atoms with Crippen LogP contribution in [0.15, 0.2) is 60.7 Å². The summed E-state index contributed by atoms with van der Waals surface area (Å²) in [6.07, 6.45) is 3.46. The number of ether oxygens (including phenoxy) is 1. The Morgan fingerprint density at radius 3 is 2.29 bits per heavy atom. The molecule has 2 aromatic heterocycles. The van der Waals surface area contributed by atoms with Gasteiger partial charge in [0, 0.05) is 5.56 Å². The van der Waals surface area contributed by atoms with Crippen molar-refractivity contribution < 1.29 is 9.13 Å². The number of alkyl halides is 1. The summed E-state index contributed by atoms with van der Waals surface area (Å²) in [6, 6.07) is 20.7. The molecule has 1 aliphatic carbocycles. The normalized spacial score (nSPS) is 18.9. The van der Waals surface area contributed by atoms with Crippen LogP contribution in [-0.2, 0) is 0 Å². The fourth-order valence-corrected chi connectivity index (χ4v) is 4.43. The first-order chi connectivity index (χ1) is 15.2. The SMILES string of the molecule is FCC1CCC(Oc2nc3nc(-c4ccc(-c5ccccc5)cc4)c(Cl)cc3[nH]2)CC1. The molecule has 0 atom stereocenters. The number of nitrogens with zero attached hydrogens (tertiary/aromatic N) is 2. The number of aromatic amines is 1. The number of hydrogen-bond donors (Lipinski definition) is 1. The highest BCUT2D eigenvalue weighted by Crippen LogP contribution is 2.32. The Balaban J connectivity index is 1.37. The van der Waals surface area contributed by atoms with Crippen molar-refractivity contribution in [2.24, 2.45) is 5.92 Å². The van der Waals surface area contributed by atoms with Crippen molar-refractivity contribution in [3.05, 3.63) is 65.7 Å². The minimum absolute atomic E-state index is 0.0591. The fraction of sp³-hybridized carbons (Fsp3) is 0.280. The summed E-state index contributed by atoms with van der Waals surface area (Å²) >= 11 is 6.54. The highest BCUT2D eigenvalue weighted by molar-refractivity contribution is 6.33. The Hall–Kier alpha value is -2.92. The van der Waals surface area contributed by atoms with E-state index in [2.05, 4.69) is 39.2 Å². The van der Waals surface area contributed by atoms with Crippen LogP contribution in [0.4, 0.5) is 4.39 Å². The second kappa shape index (κ2) is 8.67. The number of aromatic nitrogens is 3. The molecular formula is C25H23ClFN3O. The van der Waals surface area contributed by atoms with E-state index >= 15 is 0 Å². The lowest BCUT2D eigenvalue weighted by Gasteiger charge is -2.26. The molecule has 4 aromatic rings. The smallest absolute Gasteiger partial charge is 0.296 e. The predicted octanol–water partition coefficient (Wildman–Crippen LogP) is 6.85. The molecule has 31 heavy (non-hydrogen) atoms. The number of imidazole rings is 1. The average molecular weight is 436 g/mol. The Morgan fingerprint density at radius 1 is 0.903 bits per heavy atom. The zero-order valence-corrected chi connectivity index (χ0v) is 17.8. The lowest BCUT2D eigenvalue weighted by Crippen LogP contribution is -2.25. The average Bonchev–Trinajstić information content (AvgIpc) is 3.20. The van der Waals surface area contributed by atoms with E-state index in [1.165, 1.54) is 0 Å². The van der Waals surface area contributed by atoms with Gasteiger partial charge in [0.15, 0.2) is 5.65 Å². The highest BCUT2D eigenvalue weighted by Gasteiger charge is 2.23. The third kappa shape index (κ3) is 4.28. The first kappa shape index (κ1) is 20.0. The first-order valence-electron chi connectivity index (χ1n) is 10.6. The molecule has 0 spiro atoms. The molecule has 6 heteroatoms. The van der Waals surface area contributed by atoms with Crippen LogP contribution in [0, 0.1) is 5.92 Å². The summed E-state index contributed by atoms with van der Waals surface area (Å²) in [7, 11) is 0. The molecule has 4 nitrogen and oxygen atoms in total. The lowest BCUT2D eigenvalue weighted by molar-refractivity contribution is 0.113. The van der Waals surface area contributed by atoms with E-state index in [1.807, 2.05) is 36.4 Å². The summed E-state index contributed by atoms with van der Waals surface area (Å²) < 4.78 is 18.8. The molecule has 0 saturated heterocycles. The van der Waals surface area contributed by atoms with Gasteiger partial charge < -0.3 is 9.72 Å². The summed E-state index contributed by atoms with van der Waals surface area (Å²) in [5, 5.41) is 0.554. The molecule has 158 valence electrons. The van der Waals surface area contributed by atoms with Crippen molar-refractivity contribution in [3.63, 3.8) is 0 Å². The Labute approximate surface area is 185 Å². The van der Waals surface area contributed by atoms with E-state index in [0.717, 1.165) is 47.9 Å². The van der Waals surface area contributed by atoms with E-state index in [9.17, 15) is 4.39 Å². The van der Waals surface area contributed by atoms with Crippen LogP contribution in [0.1, 0.15) is 25.7 Å². The number of benzene rings is 2. The molecule has 0 amide bonds. The molecule has 0 unspecified atom stereocenters. The maximum Gasteiger partial charge on any atom is 0.296 e. The number of pyridine rings is 1. The van der Waals surface area contributed by atoms with Gasteiger partial charge in [-0.25, -0.2) is 4.98 Å². The van der Waals surface area contributed by atoms with Crippen LogP contribution in [0.3, 0.4) is 0 Å². The van der Waals surface area contributed by atoms with Gasteiger partial charge in [0.25, 0.3) is 6.01 Å². The number of fused-ring (bicyclic) bond motifs is 1. The second-order valence-electron chi connectivity index (χ2n) is 8.09. The molecule has 2 heterocycles. The van der Waals surface area contributed by atoms with Crippen LogP contribution < -0.4 is 4.74 Å². The molecule has 1 fully saturated rings. The monoisotopic (exact) mass is 435 g/mol. The van der Waals surface area contributed by atoms with E-state index in [0.29, 0.717) is 22.4 Å². The third-order valence-corrected chi connectivity index (χ3v) is 6.25. The topological polar surface area (TPSA) is 50.8 Å². The van der Waals surface area contributed by atoms with E-state index in [4.69, 9.17) is 16.3 Å². The van der Waals surface area contributed by atoms with Gasteiger partial charge in [-0.2, -0.15) is 4.98 Å². The quantitative estimate of drug-likeness (QED) is 0.373.